The molecule has 0 saturated carbocycles. The molecule has 0 aliphatic heterocycles. The Morgan fingerprint density at radius 2 is 1.85 bits per heavy atom. The van der Waals surface area contributed by atoms with E-state index in [0.717, 1.165) is 12.1 Å². The molecule has 104 valence electrons. The number of amides is 1. The summed E-state index contributed by atoms with van der Waals surface area (Å²) < 4.78 is 27.2. The Labute approximate surface area is 112 Å². The summed E-state index contributed by atoms with van der Waals surface area (Å²) in [6.45, 7) is -0.382. The molecule has 0 aliphatic rings. The topological polar surface area (TPSA) is 71.3 Å². The number of aromatic nitrogens is 1. The quantitative estimate of drug-likeness (QED) is 0.901. The zero-order valence-corrected chi connectivity index (χ0v) is 10.1. The van der Waals surface area contributed by atoms with Crippen LogP contribution < -0.4 is 5.32 Å². The molecular formula is C13H10F2N2O3. The van der Waals surface area contributed by atoms with E-state index in [1.165, 1.54) is 22.9 Å². The van der Waals surface area contributed by atoms with E-state index in [1.807, 2.05) is 0 Å². The van der Waals surface area contributed by atoms with Crippen molar-refractivity contribution in [2.75, 3.05) is 5.32 Å². The molecule has 0 saturated heterocycles. The van der Waals surface area contributed by atoms with Crippen LogP contribution in [0, 0.1) is 11.6 Å². The minimum absolute atomic E-state index is 0.0458. The van der Waals surface area contributed by atoms with Crippen LogP contribution in [0.4, 0.5) is 14.5 Å². The molecule has 2 N–H and O–H groups in total. The summed E-state index contributed by atoms with van der Waals surface area (Å²) in [5.74, 6) is -3.39. The third kappa shape index (κ3) is 3.19. The number of hydrogen-bond donors (Lipinski definition) is 2. The highest BCUT2D eigenvalue weighted by Crippen LogP contribution is 2.14. The molecular weight excluding hydrogens is 270 g/mol. The molecule has 1 amide bonds. The van der Waals surface area contributed by atoms with Crippen LogP contribution in [0.1, 0.15) is 10.5 Å². The first-order valence-corrected chi connectivity index (χ1v) is 5.60. The molecule has 0 fully saturated rings. The van der Waals surface area contributed by atoms with Crippen molar-refractivity contribution in [3.8, 4) is 0 Å². The molecule has 1 heterocycles. The molecule has 1 aromatic heterocycles. The van der Waals surface area contributed by atoms with Crippen molar-refractivity contribution >= 4 is 17.6 Å². The lowest BCUT2D eigenvalue weighted by Gasteiger charge is -2.08. The summed E-state index contributed by atoms with van der Waals surface area (Å²) in [6, 6.07) is 5.53. The number of anilines is 1. The van der Waals surface area contributed by atoms with Crippen molar-refractivity contribution in [3.63, 3.8) is 0 Å². The summed E-state index contributed by atoms with van der Waals surface area (Å²) in [6.07, 6.45) is 1.43. The summed E-state index contributed by atoms with van der Waals surface area (Å²) >= 11 is 0. The molecule has 2 rings (SSSR count). The molecule has 0 unspecified atom stereocenters. The lowest BCUT2D eigenvalue weighted by molar-refractivity contribution is -0.137. The van der Waals surface area contributed by atoms with Gasteiger partial charge < -0.3 is 15.0 Å². The average molecular weight is 280 g/mol. The smallest absolute Gasteiger partial charge is 0.323 e. The highest BCUT2D eigenvalue weighted by molar-refractivity contribution is 6.03. The maximum atomic E-state index is 13.0. The van der Waals surface area contributed by atoms with Gasteiger partial charge in [-0.25, -0.2) is 8.78 Å². The number of carboxylic acid groups (broad SMARTS) is 1. The molecule has 0 bridgehead atoms. The van der Waals surface area contributed by atoms with Crippen molar-refractivity contribution in [1.29, 1.82) is 0 Å². The summed E-state index contributed by atoms with van der Waals surface area (Å²) in [7, 11) is 0. The summed E-state index contributed by atoms with van der Waals surface area (Å²) in [5, 5.41) is 11.0. The number of nitrogens with one attached hydrogen (secondary N) is 1. The van der Waals surface area contributed by atoms with Crippen LogP contribution in [-0.2, 0) is 11.3 Å². The summed E-state index contributed by atoms with van der Waals surface area (Å²) in [5.41, 5.74) is 0.0349. The Morgan fingerprint density at radius 3 is 2.45 bits per heavy atom. The van der Waals surface area contributed by atoms with E-state index in [1.54, 1.807) is 0 Å². The van der Waals surface area contributed by atoms with Crippen molar-refractivity contribution in [1.82, 2.24) is 4.57 Å². The van der Waals surface area contributed by atoms with Crippen molar-refractivity contribution in [2.24, 2.45) is 0 Å². The number of carbonyl (C=O) groups is 2. The molecule has 2 aromatic rings. The molecule has 0 atom stereocenters. The van der Waals surface area contributed by atoms with Gasteiger partial charge in [-0.05, 0) is 24.3 Å². The number of aliphatic carboxylic acids is 1. The second-order valence-electron chi connectivity index (χ2n) is 4.03. The lowest BCUT2D eigenvalue weighted by Crippen LogP contribution is -2.19. The second-order valence-corrected chi connectivity index (χ2v) is 4.03. The maximum Gasteiger partial charge on any atom is 0.323 e. The number of carbonyl (C=O) groups excluding carboxylic acids is 1. The SMILES string of the molecule is O=C(O)Cn1cccc1C(=O)Nc1cc(F)cc(F)c1. The summed E-state index contributed by atoms with van der Waals surface area (Å²) in [4.78, 5) is 22.6. The van der Waals surface area contributed by atoms with Gasteiger partial charge in [0.2, 0.25) is 0 Å². The minimum Gasteiger partial charge on any atom is -0.480 e. The zero-order valence-electron chi connectivity index (χ0n) is 10.1. The first-order chi connectivity index (χ1) is 9.45. The van der Waals surface area contributed by atoms with Crippen molar-refractivity contribution in [2.45, 2.75) is 6.54 Å². The molecule has 5 nitrogen and oxygen atoms in total. The van der Waals surface area contributed by atoms with Crippen LogP contribution >= 0.6 is 0 Å². The molecule has 0 aliphatic carbocycles. The number of nitrogens with zero attached hydrogens (tertiary/aromatic N) is 1. The fourth-order valence-corrected chi connectivity index (χ4v) is 1.72. The van der Waals surface area contributed by atoms with E-state index < -0.39 is 23.5 Å². The van der Waals surface area contributed by atoms with Crippen LogP contribution in [0.2, 0.25) is 0 Å². The van der Waals surface area contributed by atoms with Crippen LogP contribution in [0.5, 0.6) is 0 Å². The highest BCUT2D eigenvalue weighted by Gasteiger charge is 2.13. The average Bonchev–Trinajstić information content (AvgIpc) is 2.74. The van der Waals surface area contributed by atoms with E-state index in [4.69, 9.17) is 5.11 Å². The zero-order chi connectivity index (χ0) is 14.7. The van der Waals surface area contributed by atoms with E-state index >= 15 is 0 Å². The van der Waals surface area contributed by atoms with Gasteiger partial charge in [-0.1, -0.05) is 0 Å². The van der Waals surface area contributed by atoms with Gasteiger partial charge in [0.25, 0.3) is 5.91 Å². The van der Waals surface area contributed by atoms with E-state index in [2.05, 4.69) is 5.32 Å². The molecule has 20 heavy (non-hydrogen) atoms. The highest BCUT2D eigenvalue weighted by atomic mass is 19.1. The van der Waals surface area contributed by atoms with E-state index in [-0.39, 0.29) is 17.9 Å². The molecule has 0 spiro atoms. The van der Waals surface area contributed by atoms with Crippen LogP contribution in [0.3, 0.4) is 0 Å². The van der Waals surface area contributed by atoms with Crippen LogP contribution in [0.15, 0.2) is 36.5 Å². The Hall–Kier alpha value is -2.70. The van der Waals surface area contributed by atoms with Gasteiger partial charge in [0.15, 0.2) is 0 Å². The number of carboxylic acids is 1. The largest absolute Gasteiger partial charge is 0.480 e. The first-order valence-electron chi connectivity index (χ1n) is 5.60. The second kappa shape index (κ2) is 5.52. The van der Waals surface area contributed by atoms with Gasteiger partial charge >= 0.3 is 5.97 Å². The Bertz CT molecular complexity index is 647. The molecule has 1 aromatic carbocycles. The third-order valence-electron chi connectivity index (χ3n) is 2.49. The monoisotopic (exact) mass is 280 g/mol. The van der Waals surface area contributed by atoms with Crippen molar-refractivity contribution < 1.29 is 23.5 Å². The molecule has 7 heteroatoms. The van der Waals surface area contributed by atoms with Gasteiger partial charge in [0.1, 0.15) is 23.9 Å². The van der Waals surface area contributed by atoms with Gasteiger partial charge in [-0.2, -0.15) is 0 Å². The predicted molar refractivity (Wildman–Crippen MR) is 66.4 cm³/mol. The fraction of sp³-hybridized carbons (Fsp3) is 0.0769. The number of rotatable bonds is 4. The standard InChI is InChI=1S/C13H10F2N2O3/c14-8-4-9(15)6-10(5-8)16-13(20)11-2-1-3-17(11)7-12(18)19/h1-6H,7H2,(H,16,20)(H,18,19). The number of benzene rings is 1. The van der Waals surface area contributed by atoms with E-state index in [0.29, 0.717) is 6.07 Å². The Kier molecular flexibility index (Phi) is 3.79. The lowest BCUT2D eigenvalue weighted by atomic mass is 10.3. The van der Waals surface area contributed by atoms with Crippen LogP contribution in [-0.4, -0.2) is 21.6 Å². The number of hydrogen-bond acceptors (Lipinski definition) is 2. The van der Waals surface area contributed by atoms with Crippen molar-refractivity contribution in [3.05, 3.63) is 53.9 Å². The first kappa shape index (κ1) is 13.7. The van der Waals surface area contributed by atoms with E-state index in [9.17, 15) is 18.4 Å². The van der Waals surface area contributed by atoms with Gasteiger partial charge in [0, 0.05) is 18.0 Å². The fourth-order valence-electron chi connectivity index (χ4n) is 1.72. The minimum atomic E-state index is -1.10. The van der Waals surface area contributed by atoms with Gasteiger partial charge in [0.05, 0.1) is 0 Å². The Balaban J connectivity index is 2.20. The normalized spacial score (nSPS) is 10.3. The third-order valence-corrected chi connectivity index (χ3v) is 2.49. The van der Waals surface area contributed by atoms with Gasteiger partial charge in [-0.3, -0.25) is 9.59 Å². The van der Waals surface area contributed by atoms with Gasteiger partial charge in [-0.15, -0.1) is 0 Å². The Morgan fingerprint density at radius 1 is 1.20 bits per heavy atom. The number of halogens is 2. The molecule has 0 radical (unpaired) electrons. The maximum absolute atomic E-state index is 13.0. The van der Waals surface area contributed by atoms with Crippen LogP contribution in [0.25, 0.3) is 0 Å². The predicted octanol–water partition coefficient (Wildman–Crippen LogP) is 2.10.